The molecule has 0 saturated carbocycles. The van der Waals surface area contributed by atoms with Crippen molar-refractivity contribution in [2.75, 3.05) is 37.7 Å². The minimum Gasteiger partial charge on any atom is -0.444 e. The molecule has 232 valence electrons. The number of rotatable bonds is 7. The lowest BCUT2D eigenvalue weighted by Crippen LogP contribution is -2.49. The summed E-state index contributed by atoms with van der Waals surface area (Å²) < 4.78 is 74.3. The zero-order chi connectivity index (χ0) is 31.6. The second kappa shape index (κ2) is 12.9. The molecule has 15 heteroatoms. The van der Waals surface area contributed by atoms with Crippen molar-refractivity contribution >= 4 is 50.9 Å². The summed E-state index contributed by atoms with van der Waals surface area (Å²) in [6, 6.07) is 5.84. The van der Waals surface area contributed by atoms with Crippen molar-refractivity contribution in [2.45, 2.75) is 52.6 Å². The van der Waals surface area contributed by atoms with Gasteiger partial charge in [0, 0.05) is 48.5 Å². The molecule has 0 radical (unpaired) electrons. The van der Waals surface area contributed by atoms with Gasteiger partial charge in [-0.25, -0.2) is 17.5 Å². The molecule has 2 aromatic carbocycles. The molecule has 0 atom stereocenters. The van der Waals surface area contributed by atoms with Gasteiger partial charge in [0.1, 0.15) is 5.60 Å². The summed E-state index contributed by atoms with van der Waals surface area (Å²) in [4.78, 5) is 29.0. The number of sulfonamides is 1. The maximum Gasteiger partial charge on any atom is 0.416 e. The second-order valence-electron chi connectivity index (χ2n) is 10.8. The molecule has 9 nitrogen and oxygen atoms in total. The van der Waals surface area contributed by atoms with Crippen LogP contribution in [0.3, 0.4) is 0 Å². The molecule has 1 heterocycles. The summed E-state index contributed by atoms with van der Waals surface area (Å²) in [5, 5.41) is 0.378. The first-order valence-electron chi connectivity index (χ1n) is 13.0. The number of ether oxygens (including phenoxy) is 1. The Bertz CT molecular complexity index is 1420. The summed E-state index contributed by atoms with van der Waals surface area (Å²) in [5.74, 6) is -1.71. The monoisotopic (exact) mass is 652 g/mol. The molecule has 1 aliphatic heterocycles. The third-order valence-corrected chi connectivity index (χ3v) is 8.54. The highest BCUT2D eigenvalue weighted by atomic mass is 35.5. The number of nitrogens with zero attached hydrogens (tertiary/aromatic N) is 3. The number of carbonyl (C=O) groups excluding carboxylic acids is 2. The topological polar surface area (TPSA) is 113 Å². The Balaban J connectivity index is 1.90. The predicted molar refractivity (Wildman–Crippen MR) is 155 cm³/mol. The number of amides is 2. The largest absolute Gasteiger partial charge is 0.444 e. The summed E-state index contributed by atoms with van der Waals surface area (Å²) in [5.41, 5.74) is 3.44. The fourth-order valence-corrected chi connectivity index (χ4v) is 5.93. The van der Waals surface area contributed by atoms with Gasteiger partial charge in [0.25, 0.3) is 5.91 Å². The van der Waals surface area contributed by atoms with Crippen molar-refractivity contribution in [3.8, 4) is 0 Å². The molecule has 1 aliphatic rings. The van der Waals surface area contributed by atoms with Gasteiger partial charge in [0.05, 0.1) is 23.4 Å². The molecule has 2 N–H and O–H groups in total. The van der Waals surface area contributed by atoms with Crippen LogP contribution in [0, 0.1) is 0 Å². The van der Waals surface area contributed by atoms with Gasteiger partial charge >= 0.3 is 12.3 Å². The zero-order valence-corrected chi connectivity index (χ0v) is 25.9. The van der Waals surface area contributed by atoms with Crippen LogP contribution >= 0.6 is 23.2 Å². The van der Waals surface area contributed by atoms with E-state index in [1.165, 1.54) is 30.0 Å². The first kappa shape index (κ1) is 33.8. The van der Waals surface area contributed by atoms with E-state index in [1.807, 2.05) is 0 Å². The van der Waals surface area contributed by atoms with Gasteiger partial charge in [-0.15, -0.1) is 0 Å². The molecule has 0 spiro atoms. The van der Waals surface area contributed by atoms with Crippen LogP contribution in [0.2, 0.25) is 10.0 Å². The quantitative estimate of drug-likeness (QED) is 0.385. The molecule has 42 heavy (non-hydrogen) atoms. The average Bonchev–Trinajstić information content (AvgIpc) is 2.85. The van der Waals surface area contributed by atoms with Crippen LogP contribution in [0.5, 0.6) is 0 Å². The molecular formula is C27H33Cl2F3N4O5S. The van der Waals surface area contributed by atoms with Gasteiger partial charge in [0.15, 0.2) is 0 Å². The fourth-order valence-electron chi connectivity index (χ4n) is 4.35. The van der Waals surface area contributed by atoms with Crippen molar-refractivity contribution in [3.63, 3.8) is 0 Å². The Labute approximate surface area is 253 Å². The summed E-state index contributed by atoms with van der Waals surface area (Å²) in [7, 11) is -4.24. The minimum atomic E-state index is -4.87. The van der Waals surface area contributed by atoms with Gasteiger partial charge in [0.2, 0.25) is 10.0 Å². The smallest absolute Gasteiger partial charge is 0.416 e. The lowest BCUT2D eigenvalue weighted by atomic mass is 10.00. The number of nitrogen functional groups attached to an aromatic ring is 1. The molecule has 2 amide bonds. The first-order chi connectivity index (χ1) is 19.3. The summed E-state index contributed by atoms with van der Waals surface area (Å²) >= 11 is 12.0. The van der Waals surface area contributed by atoms with Crippen molar-refractivity contribution < 1.29 is 35.9 Å². The molecule has 1 saturated heterocycles. The zero-order valence-electron chi connectivity index (χ0n) is 23.6. The van der Waals surface area contributed by atoms with Crippen LogP contribution < -0.4 is 5.73 Å². The van der Waals surface area contributed by atoms with Crippen molar-refractivity contribution in [2.24, 2.45) is 0 Å². The van der Waals surface area contributed by atoms with Crippen molar-refractivity contribution in [1.82, 2.24) is 14.1 Å². The molecule has 0 aliphatic carbocycles. The Morgan fingerprint density at radius 3 is 2.07 bits per heavy atom. The number of benzene rings is 2. The Kier molecular flexibility index (Phi) is 10.3. The summed E-state index contributed by atoms with van der Waals surface area (Å²) in [6.45, 7) is 6.90. The average molecular weight is 654 g/mol. The van der Waals surface area contributed by atoms with E-state index < -0.39 is 57.2 Å². The first-order valence-corrected chi connectivity index (χ1v) is 15.4. The number of nitrogens with two attached hydrogens (primary N) is 1. The normalized spacial score (nSPS) is 15.0. The van der Waals surface area contributed by atoms with E-state index in [0.29, 0.717) is 10.4 Å². The fraction of sp³-hybridized carbons (Fsp3) is 0.481. The van der Waals surface area contributed by atoms with Gasteiger partial charge < -0.3 is 15.4 Å². The van der Waals surface area contributed by atoms with E-state index >= 15 is 0 Å². The summed E-state index contributed by atoms with van der Waals surface area (Å²) in [6.07, 6.45) is -5.37. The third-order valence-electron chi connectivity index (χ3n) is 6.40. The SMILES string of the molecule is CCS(=O)(=O)N(Cc1cc(Cl)cc(Cl)c1)C(=O)c1cc(C(F)(F)F)c(CN2CCN(C(=O)OC(C)(C)C)CC2)cc1N. The standard InChI is InChI=1S/C27H33Cl2F3N4O5S/c1-5-42(39,40)36(15-17-10-19(28)13-20(29)11-17)24(37)21-14-22(27(30,31)32)18(12-23(21)33)16-34-6-8-35(9-7-34)25(38)41-26(2,3)4/h10-14H,5-9,15-16,33H2,1-4H3. The maximum absolute atomic E-state index is 14.2. The van der Waals surface area contributed by atoms with Gasteiger partial charge in [-0.05, 0) is 69.2 Å². The van der Waals surface area contributed by atoms with E-state index in [9.17, 15) is 31.2 Å². The lowest BCUT2D eigenvalue weighted by Gasteiger charge is -2.36. The molecule has 2 aromatic rings. The van der Waals surface area contributed by atoms with Gasteiger partial charge in [-0.2, -0.15) is 13.2 Å². The molecule has 3 rings (SSSR count). The van der Waals surface area contributed by atoms with E-state index in [1.54, 1.807) is 25.7 Å². The molecule has 0 aromatic heterocycles. The third kappa shape index (κ3) is 8.65. The van der Waals surface area contributed by atoms with Crippen LogP contribution in [0.4, 0.5) is 23.7 Å². The Hall–Kier alpha value is -2.74. The van der Waals surface area contributed by atoms with Crippen LogP contribution in [-0.4, -0.2) is 72.1 Å². The van der Waals surface area contributed by atoms with Crippen LogP contribution in [-0.2, 0) is 34.0 Å². The van der Waals surface area contributed by atoms with Crippen LogP contribution in [0.1, 0.15) is 54.7 Å². The number of hydrogen-bond donors (Lipinski definition) is 1. The van der Waals surface area contributed by atoms with Gasteiger partial charge in [-0.1, -0.05) is 23.2 Å². The number of carbonyl (C=O) groups is 2. The number of alkyl halides is 3. The minimum absolute atomic E-state index is 0.159. The lowest BCUT2D eigenvalue weighted by molar-refractivity contribution is -0.138. The highest BCUT2D eigenvalue weighted by Crippen LogP contribution is 2.36. The van der Waals surface area contributed by atoms with Gasteiger partial charge in [-0.3, -0.25) is 9.69 Å². The molecule has 0 bridgehead atoms. The van der Waals surface area contributed by atoms with Crippen molar-refractivity contribution in [3.05, 3.63) is 62.6 Å². The number of anilines is 1. The molecular weight excluding hydrogens is 620 g/mol. The van der Waals surface area contributed by atoms with E-state index in [-0.39, 0.29) is 59.6 Å². The maximum atomic E-state index is 14.2. The Morgan fingerprint density at radius 2 is 1.57 bits per heavy atom. The Morgan fingerprint density at radius 1 is 1.00 bits per heavy atom. The molecule has 1 fully saturated rings. The second-order valence-corrected chi connectivity index (χ2v) is 13.9. The predicted octanol–water partition coefficient (Wildman–Crippen LogP) is 5.64. The number of hydrogen-bond acceptors (Lipinski definition) is 7. The van der Waals surface area contributed by atoms with E-state index in [2.05, 4.69) is 0 Å². The van der Waals surface area contributed by atoms with Crippen molar-refractivity contribution in [1.29, 1.82) is 0 Å². The van der Waals surface area contributed by atoms with E-state index in [0.717, 1.165) is 6.07 Å². The highest BCUT2D eigenvalue weighted by Gasteiger charge is 2.37. The van der Waals surface area contributed by atoms with E-state index in [4.69, 9.17) is 33.7 Å². The molecule has 0 unspecified atom stereocenters. The van der Waals surface area contributed by atoms with Crippen LogP contribution in [0.15, 0.2) is 30.3 Å². The number of halogens is 5. The number of piperazine rings is 1. The van der Waals surface area contributed by atoms with Crippen LogP contribution in [0.25, 0.3) is 0 Å². The highest BCUT2D eigenvalue weighted by molar-refractivity contribution is 7.89.